The molecule has 0 aliphatic carbocycles. The van der Waals surface area contributed by atoms with E-state index in [1.54, 1.807) is 17.4 Å². The maximum Gasteiger partial charge on any atom is 0.117 e. The normalized spacial score (nSPS) is 13.2. The first-order valence-corrected chi connectivity index (χ1v) is 5.89. The molecule has 2 aromatic rings. The summed E-state index contributed by atoms with van der Waals surface area (Å²) in [5.41, 5.74) is 0. The number of hydrogen-bond donors (Lipinski definition) is 2. The van der Waals surface area contributed by atoms with Crippen LogP contribution >= 0.6 is 11.3 Å². The van der Waals surface area contributed by atoms with Crippen LogP contribution in [-0.2, 0) is 6.42 Å². The molecule has 1 atom stereocenters. The smallest absolute Gasteiger partial charge is 0.117 e. The lowest BCUT2D eigenvalue weighted by atomic mass is 10.2. The number of phenolic OH excluding ortho intramolecular Hbond substituents is 1. The summed E-state index contributed by atoms with van der Waals surface area (Å²) in [6, 6.07) is 8.22. The molecular formula is C12H15NOS. The first-order valence-electron chi connectivity index (χ1n) is 5.08. The Kier molecular flexibility index (Phi) is 2.93. The number of hydrogen-bond acceptors (Lipinski definition) is 3. The fourth-order valence-electron chi connectivity index (χ4n) is 1.58. The van der Waals surface area contributed by atoms with Gasteiger partial charge in [-0.25, -0.2) is 0 Å². The van der Waals surface area contributed by atoms with E-state index in [1.165, 1.54) is 10.3 Å². The number of phenols is 1. The van der Waals surface area contributed by atoms with Crippen LogP contribution in [0.4, 0.5) is 0 Å². The molecule has 0 aliphatic heterocycles. The van der Waals surface area contributed by atoms with E-state index in [0.29, 0.717) is 11.8 Å². The van der Waals surface area contributed by atoms with Crippen molar-refractivity contribution in [2.24, 2.45) is 0 Å². The minimum Gasteiger partial charge on any atom is -0.508 e. The Labute approximate surface area is 93.6 Å². The van der Waals surface area contributed by atoms with Gasteiger partial charge in [-0.3, -0.25) is 0 Å². The van der Waals surface area contributed by atoms with Crippen molar-refractivity contribution in [1.29, 1.82) is 0 Å². The Bertz CT molecular complexity index is 464. The lowest BCUT2D eigenvalue weighted by Crippen LogP contribution is -2.22. The fraction of sp³-hybridized carbons (Fsp3) is 0.333. The van der Waals surface area contributed by atoms with E-state index in [1.807, 2.05) is 19.2 Å². The number of fused-ring (bicyclic) bond motifs is 1. The zero-order chi connectivity index (χ0) is 10.8. The van der Waals surface area contributed by atoms with Crippen LogP contribution in [0.3, 0.4) is 0 Å². The highest BCUT2D eigenvalue weighted by molar-refractivity contribution is 7.19. The third kappa shape index (κ3) is 2.30. The van der Waals surface area contributed by atoms with Crippen LogP contribution in [0.1, 0.15) is 11.8 Å². The Hall–Kier alpha value is -1.06. The van der Waals surface area contributed by atoms with Gasteiger partial charge in [0.15, 0.2) is 0 Å². The second-order valence-corrected chi connectivity index (χ2v) is 5.00. The van der Waals surface area contributed by atoms with Crippen molar-refractivity contribution in [2.45, 2.75) is 19.4 Å². The third-order valence-electron chi connectivity index (χ3n) is 2.55. The molecule has 3 heteroatoms. The monoisotopic (exact) mass is 221 g/mol. The van der Waals surface area contributed by atoms with Crippen molar-refractivity contribution in [3.05, 3.63) is 29.1 Å². The minimum absolute atomic E-state index is 0.345. The number of likely N-dealkylation sites (N-methyl/N-ethyl adjacent to an activating group) is 1. The average Bonchev–Trinajstić information content (AvgIpc) is 2.59. The van der Waals surface area contributed by atoms with Crippen LogP contribution in [0.5, 0.6) is 5.75 Å². The van der Waals surface area contributed by atoms with Gasteiger partial charge in [0.2, 0.25) is 0 Å². The summed E-state index contributed by atoms with van der Waals surface area (Å²) >= 11 is 1.76. The largest absolute Gasteiger partial charge is 0.508 e. The van der Waals surface area contributed by atoms with Gasteiger partial charge in [-0.1, -0.05) is 0 Å². The fourth-order valence-corrected chi connectivity index (χ4v) is 2.81. The van der Waals surface area contributed by atoms with Gasteiger partial charge in [0, 0.05) is 15.6 Å². The van der Waals surface area contributed by atoms with Crippen molar-refractivity contribution < 1.29 is 5.11 Å². The molecule has 0 bridgehead atoms. The number of rotatable bonds is 3. The molecule has 0 saturated heterocycles. The van der Waals surface area contributed by atoms with Gasteiger partial charge in [-0.2, -0.15) is 0 Å². The van der Waals surface area contributed by atoms with Crippen molar-refractivity contribution in [1.82, 2.24) is 5.32 Å². The summed E-state index contributed by atoms with van der Waals surface area (Å²) in [4.78, 5) is 1.36. The average molecular weight is 221 g/mol. The molecule has 1 heterocycles. The summed E-state index contributed by atoms with van der Waals surface area (Å²) in [5, 5.41) is 13.8. The Morgan fingerprint density at radius 3 is 2.93 bits per heavy atom. The van der Waals surface area contributed by atoms with Gasteiger partial charge in [-0.05, 0) is 50.0 Å². The molecule has 0 amide bonds. The van der Waals surface area contributed by atoms with Gasteiger partial charge in [0.05, 0.1) is 0 Å². The zero-order valence-corrected chi connectivity index (χ0v) is 9.77. The quantitative estimate of drug-likeness (QED) is 0.835. The Morgan fingerprint density at radius 1 is 1.40 bits per heavy atom. The molecule has 2 N–H and O–H groups in total. The number of benzene rings is 1. The topological polar surface area (TPSA) is 32.3 Å². The summed E-state index contributed by atoms with van der Waals surface area (Å²) in [7, 11) is 1.98. The number of nitrogens with one attached hydrogen (secondary N) is 1. The molecule has 1 aromatic carbocycles. The molecule has 2 rings (SSSR count). The third-order valence-corrected chi connectivity index (χ3v) is 3.68. The molecule has 2 nitrogen and oxygen atoms in total. The van der Waals surface area contributed by atoms with Gasteiger partial charge in [0.25, 0.3) is 0 Å². The van der Waals surface area contributed by atoms with Crippen LogP contribution in [0.15, 0.2) is 24.3 Å². The number of thiophene rings is 1. The van der Waals surface area contributed by atoms with Gasteiger partial charge < -0.3 is 10.4 Å². The van der Waals surface area contributed by atoms with Crippen LogP contribution in [0, 0.1) is 0 Å². The lowest BCUT2D eigenvalue weighted by Gasteiger charge is -2.06. The number of aromatic hydroxyl groups is 1. The first kappa shape index (κ1) is 10.5. The molecule has 1 unspecified atom stereocenters. The van der Waals surface area contributed by atoms with Crippen molar-refractivity contribution in [3.63, 3.8) is 0 Å². The lowest BCUT2D eigenvalue weighted by molar-refractivity contribution is 0.476. The van der Waals surface area contributed by atoms with E-state index in [2.05, 4.69) is 18.3 Å². The van der Waals surface area contributed by atoms with E-state index in [4.69, 9.17) is 0 Å². The predicted molar refractivity (Wildman–Crippen MR) is 65.7 cm³/mol. The minimum atomic E-state index is 0.345. The molecular weight excluding hydrogens is 206 g/mol. The molecule has 0 spiro atoms. The van der Waals surface area contributed by atoms with E-state index >= 15 is 0 Å². The summed E-state index contributed by atoms with van der Waals surface area (Å²) in [6.07, 6.45) is 1.04. The molecule has 0 aliphatic rings. The standard InChI is InChI=1S/C12H15NOS/c1-8(13-2)5-11-6-9-3-4-10(14)7-12(9)15-11/h3-4,6-8,13-14H,5H2,1-2H3. The Balaban J connectivity index is 2.30. The predicted octanol–water partition coefficient (Wildman–Crippen LogP) is 2.76. The molecule has 0 radical (unpaired) electrons. The zero-order valence-electron chi connectivity index (χ0n) is 8.95. The van der Waals surface area contributed by atoms with Crippen LogP contribution < -0.4 is 5.32 Å². The summed E-state index contributed by atoms with van der Waals surface area (Å²) in [6.45, 7) is 2.17. The molecule has 15 heavy (non-hydrogen) atoms. The van der Waals surface area contributed by atoms with Gasteiger partial charge >= 0.3 is 0 Å². The summed E-state index contributed by atoms with van der Waals surface area (Å²) in [5.74, 6) is 0.345. The van der Waals surface area contributed by atoms with Crippen molar-refractivity contribution in [3.8, 4) is 5.75 Å². The van der Waals surface area contributed by atoms with Crippen LogP contribution in [0.2, 0.25) is 0 Å². The van der Waals surface area contributed by atoms with Crippen molar-refractivity contribution in [2.75, 3.05) is 7.05 Å². The van der Waals surface area contributed by atoms with E-state index < -0.39 is 0 Å². The highest BCUT2D eigenvalue weighted by atomic mass is 32.1. The maximum atomic E-state index is 9.36. The highest BCUT2D eigenvalue weighted by Gasteiger charge is 2.05. The molecule has 80 valence electrons. The molecule has 0 saturated carbocycles. The Morgan fingerprint density at radius 2 is 2.20 bits per heavy atom. The van der Waals surface area contributed by atoms with Gasteiger partial charge in [0.1, 0.15) is 5.75 Å². The van der Waals surface area contributed by atoms with Crippen LogP contribution in [0.25, 0.3) is 10.1 Å². The highest BCUT2D eigenvalue weighted by Crippen LogP contribution is 2.29. The van der Waals surface area contributed by atoms with Crippen molar-refractivity contribution >= 4 is 21.4 Å². The van der Waals surface area contributed by atoms with E-state index in [-0.39, 0.29) is 0 Å². The molecule has 1 aromatic heterocycles. The van der Waals surface area contributed by atoms with E-state index in [0.717, 1.165) is 11.1 Å². The maximum absolute atomic E-state index is 9.36. The molecule has 0 fully saturated rings. The summed E-state index contributed by atoms with van der Waals surface area (Å²) < 4.78 is 1.16. The SMILES string of the molecule is CNC(C)Cc1cc2ccc(O)cc2s1. The first-order chi connectivity index (χ1) is 7.19. The second kappa shape index (κ2) is 4.21. The second-order valence-electron chi connectivity index (χ2n) is 3.83. The van der Waals surface area contributed by atoms with E-state index in [9.17, 15) is 5.11 Å². The van der Waals surface area contributed by atoms with Crippen LogP contribution in [-0.4, -0.2) is 18.2 Å². The van der Waals surface area contributed by atoms with Gasteiger partial charge in [-0.15, -0.1) is 11.3 Å².